The van der Waals surface area contributed by atoms with Crippen LogP contribution in [0.15, 0.2) is 54.6 Å². The second-order valence-electron chi connectivity index (χ2n) is 2.97. The van der Waals surface area contributed by atoms with Gasteiger partial charge < -0.3 is 11.1 Å². The molecule has 4 heteroatoms. The van der Waals surface area contributed by atoms with Crippen LogP contribution in [0, 0.1) is 0 Å². The molecule has 86 valence electrons. The molecular weight excluding hydrogens is 244 g/mol. The van der Waals surface area contributed by atoms with Gasteiger partial charge in [-0.3, -0.25) is 0 Å². The second kappa shape index (κ2) is 8.77. The number of carbonyl (C=O) groups is 1. The van der Waals surface area contributed by atoms with Crippen LogP contribution in [0.2, 0.25) is 0 Å². The standard InChI is InChI=1S/C7H9N2O.C5H5.Fe/c8-7(10)9-5-6-3-1-2-4-6;1-2-4-5-3-1;/h1-4H,5H2,(H3,8,9,10);1-5H;/q2*-1;+2. The minimum atomic E-state index is -0.485. The van der Waals surface area contributed by atoms with E-state index in [0.717, 1.165) is 5.56 Å². The van der Waals surface area contributed by atoms with Gasteiger partial charge in [0.05, 0.1) is 0 Å². The summed E-state index contributed by atoms with van der Waals surface area (Å²) in [6.07, 6.45) is 0. The summed E-state index contributed by atoms with van der Waals surface area (Å²) in [4.78, 5) is 10.2. The van der Waals surface area contributed by atoms with Crippen LogP contribution in [-0.4, -0.2) is 6.03 Å². The van der Waals surface area contributed by atoms with Gasteiger partial charge in [-0.15, -0.1) is 5.56 Å². The fraction of sp³-hybridized carbons (Fsp3) is 0.0833. The van der Waals surface area contributed by atoms with Gasteiger partial charge in [-0.2, -0.15) is 30.3 Å². The number of nitrogens with one attached hydrogen (secondary N) is 1. The van der Waals surface area contributed by atoms with Crippen LogP contribution in [0.1, 0.15) is 5.56 Å². The Labute approximate surface area is 106 Å². The van der Waals surface area contributed by atoms with E-state index in [9.17, 15) is 4.79 Å². The van der Waals surface area contributed by atoms with E-state index in [4.69, 9.17) is 5.73 Å². The molecule has 0 fully saturated rings. The Kier molecular flexibility index (Phi) is 7.94. The zero-order valence-electron chi connectivity index (χ0n) is 8.74. The van der Waals surface area contributed by atoms with E-state index in [1.165, 1.54) is 0 Å². The van der Waals surface area contributed by atoms with Crippen LogP contribution in [0.3, 0.4) is 0 Å². The summed E-state index contributed by atoms with van der Waals surface area (Å²) in [5.41, 5.74) is 5.93. The van der Waals surface area contributed by atoms with Gasteiger partial charge in [0.2, 0.25) is 0 Å². The molecule has 16 heavy (non-hydrogen) atoms. The van der Waals surface area contributed by atoms with Crippen molar-refractivity contribution in [3.63, 3.8) is 0 Å². The van der Waals surface area contributed by atoms with E-state index >= 15 is 0 Å². The summed E-state index contributed by atoms with van der Waals surface area (Å²) in [6.45, 7) is 0.516. The van der Waals surface area contributed by atoms with Gasteiger partial charge in [0.25, 0.3) is 0 Å². The number of amides is 2. The molecule has 0 saturated heterocycles. The number of primary amides is 1. The fourth-order valence-electron chi connectivity index (χ4n) is 1.04. The van der Waals surface area contributed by atoms with Gasteiger partial charge in [0, 0.05) is 0 Å². The molecule has 0 aliphatic carbocycles. The van der Waals surface area contributed by atoms with Crippen molar-refractivity contribution in [2.75, 3.05) is 0 Å². The first-order valence-corrected chi connectivity index (χ1v) is 4.69. The van der Waals surface area contributed by atoms with E-state index < -0.39 is 6.03 Å². The summed E-state index contributed by atoms with van der Waals surface area (Å²) in [5.74, 6) is 0. The minimum Gasteiger partial charge on any atom is -0.352 e. The molecule has 2 amide bonds. The van der Waals surface area contributed by atoms with Crippen LogP contribution >= 0.6 is 0 Å². The minimum absolute atomic E-state index is 0. The molecule has 0 aliphatic rings. The van der Waals surface area contributed by atoms with Crippen LogP contribution in [0.25, 0.3) is 0 Å². The van der Waals surface area contributed by atoms with Crippen molar-refractivity contribution >= 4 is 6.03 Å². The first kappa shape index (κ1) is 14.5. The summed E-state index contributed by atoms with van der Waals surface area (Å²) in [6, 6.07) is 17.2. The smallest absolute Gasteiger partial charge is 0.352 e. The third-order valence-corrected chi connectivity index (χ3v) is 1.75. The second-order valence-corrected chi connectivity index (χ2v) is 2.97. The van der Waals surface area contributed by atoms with E-state index in [-0.39, 0.29) is 17.1 Å². The van der Waals surface area contributed by atoms with Gasteiger partial charge in [0.1, 0.15) is 0 Å². The SMILES string of the molecule is NC(=O)NC[c-]1cccc1.[Fe+2].c1cc[cH-]c1. The quantitative estimate of drug-likeness (QED) is 0.628. The Morgan fingerprint density at radius 2 is 1.75 bits per heavy atom. The predicted molar refractivity (Wildman–Crippen MR) is 60.5 cm³/mol. The van der Waals surface area contributed by atoms with Crippen LogP contribution < -0.4 is 11.1 Å². The molecule has 0 radical (unpaired) electrons. The van der Waals surface area contributed by atoms with Crippen molar-refractivity contribution in [3.05, 3.63) is 60.2 Å². The zero-order chi connectivity index (χ0) is 10.9. The van der Waals surface area contributed by atoms with Gasteiger partial charge in [-0.25, -0.2) is 29.1 Å². The summed E-state index contributed by atoms with van der Waals surface area (Å²) in [7, 11) is 0. The zero-order valence-corrected chi connectivity index (χ0v) is 9.85. The maximum Gasteiger partial charge on any atom is 2.00 e. The van der Waals surface area contributed by atoms with E-state index in [1.807, 2.05) is 54.6 Å². The third-order valence-electron chi connectivity index (χ3n) is 1.75. The van der Waals surface area contributed by atoms with Crippen molar-refractivity contribution in [1.29, 1.82) is 0 Å². The number of hydrogen-bond donors (Lipinski definition) is 2. The van der Waals surface area contributed by atoms with Crippen molar-refractivity contribution < 1.29 is 21.9 Å². The summed E-state index contributed by atoms with van der Waals surface area (Å²) >= 11 is 0. The Balaban J connectivity index is 0.000000318. The van der Waals surface area contributed by atoms with Gasteiger partial charge in [-0.1, -0.05) is 0 Å². The molecule has 3 nitrogen and oxygen atoms in total. The van der Waals surface area contributed by atoms with Crippen LogP contribution in [0.5, 0.6) is 0 Å². The first-order valence-electron chi connectivity index (χ1n) is 4.69. The Morgan fingerprint density at radius 3 is 2.12 bits per heavy atom. The molecule has 0 spiro atoms. The van der Waals surface area contributed by atoms with Gasteiger partial charge in [0.15, 0.2) is 0 Å². The first-order chi connectivity index (χ1) is 7.29. The molecule has 0 heterocycles. The molecule has 2 rings (SSSR count). The monoisotopic (exact) mass is 258 g/mol. The Morgan fingerprint density at radius 1 is 1.19 bits per heavy atom. The maximum atomic E-state index is 10.2. The normalized spacial score (nSPS) is 8.25. The molecule has 0 atom stereocenters. The summed E-state index contributed by atoms with van der Waals surface area (Å²) in [5, 5.41) is 2.49. The molecule has 0 aliphatic heterocycles. The fourth-order valence-corrected chi connectivity index (χ4v) is 1.04. The number of urea groups is 1. The molecule has 3 N–H and O–H groups in total. The number of nitrogens with two attached hydrogens (primary N) is 1. The Hall–Kier alpha value is -1.51. The van der Waals surface area contributed by atoms with Crippen molar-refractivity contribution in [1.82, 2.24) is 5.32 Å². The predicted octanol–water partition coefficient (Wildman–Crippen LogP) is 1.98. The van der Waals surface area contributed by atoms with Crippen molar-refractivity contribution in [2.24, 2.45) is 5.73 Å². The van der Waals surface area contributed by atoms with Crippen molar-refractivity contribution in [3.8, 4) is 0 Å². The van der Waals surface area contributed by atoms with Crippen molar-refractivity contribution in [2.45, 2.75) is 6.54 Å². The summed E-state index contributed by atoms with van der Waals surface area (Å²) < 4.78 is 0. The molecule has 0 saturated carbocycles. The van der Waals surface area contributed by atoms with Gasteiger partial charge >= 0.3 is 23.1 Å². The van der Waals surface area contributed by atoms with E-state index in [2.05, 4.69) is 5.32 Å². The number of hydrogen-bond acceptors (Lipinski definition) is 1. The largest absolute Gasteiger partial charge is 2.00 e. The van der Waals surface area contributed by atoms with Crippen LogP contribution in [0.4, 0.5) is 4.79 Å². The maximum absolute atomic E-state index is 10.2. The molecule has 2 aromatic carbocycles. The third kappa shape index (κ3) is 6.87. The number of carbonyl (C=O) groups excluding carboxylic acids is 1. The topological polar surface area (TPSA) is 55.1 Å². The molecule has 0 bridgehead atoms. The number of rotatable bonds is 2. The Bertz CT molecular complexity index is 337. The van der Waals surface area contributed by atoms with E-state index in [0.29, 0.717) is 6.54 Å². The molecular formula is C12H14FeN2O. The van der Waals surface area contributed by atoms with Gasteiger partial charge in [-0.05, 0) is 6.54 Å². The average Bonchev–Trinajstić information content (AvgIpc) is 2.91. The molecule has 0 unspecified atom stereocenters. The molecule has 2 aromatic rings. The van der Waals surface area contributed by atoms with E-state index in [1.54, 1.807) is 0 Å². The average molecular weight is 258 g/mol. The van der Waals surface area contributed by atoms with Crippen LogP contribution in [-0.2, 0) is 23.6 Å². The molecule has 0 aromatic heterocycles.